The van der Waals surface area contributed by atoms with E-state index in [4.69, 9.17) is 0 Å². The molecule has 10 heteroatoms. The molecule has 0 spiro atoms. The summed E-state index contributed by atoms with van der Waals surface area (Å²) >= 11 is 0. The maximum absolute atomic E-state index is 13.0. The first-order valence-electron chi connectivity index (χ1n) is 17.0. The number of hydrazine groups is 2. The summed E-state index contributed by atoms with van der Waals surface area (Å²) in [7, 11) is 0. The smallest absolute Gasteiger partial charge is 0.273 e. The van der Waals surface area contributed by atoms with E-state index in [1.54, 1.807) is 30.3 Å². The summed E-state index contributed by atoms with van der Waals surface area (Å²) < 4.78 is 0. The Bertz CT molecular complexity index is 1270. The summed E-state index contributed by atoms with van der Waals surface area (Å²) in [5, 5.41) is 20.6. The zero-order valence-electron chi connectivity index (χ0n) is 27.9. The van der Waals surface area contributed by atoms with E-state index in [-0.39, 0.29) is 46.8 Å². The zero-order valence-corrected chi connectivity index (χ0v) is 27.9. The van der Waals surface area contributed by atoms with Crippen LogP contribution in [0, 0.1) is 5.92 Å². The SMILES string of the molecule is CCCCCc1ccc(C(=O)NNC(=O)CCCCC(CCCCC)C(=O)NNC(=O)c2ccc(CCCCC)cc2O)c(O)c1. The van der Waals surface area contributed by atoms with Crippen molar-refractivity contribution in [3.63, 3.8) is 0 Å². The number of aromatic hydroxyl groups is 2. The van der Waals surface area contributed by atoms with Crippen molar-refractivity contribution in [2.45, 2.75) is 124 Å². The van der Waals surface area contributed by atoms with Crippen molar-refractivity contribution in [2.24, 2.45) is 5.92 Å². The Kier molecular flexibility index (Phi) is 17.9. The summed E-state index contributed by atoms with van der Waals surface area (Å²) in [4.78, 5) is 50.5. The van der Waals surface area contributed by atoms with Gasteiger partial charge in [-0.3, -0.25) is 40.9 Å². The van der Waals surface area contributed by atoms with Gasteiger partial charge in [-0.2, -0.15) is 0 Å². The molecule has 46 heavy (non-hydrogen) atoms. The third-order valence-corrected chi connectivity index (χ3v) is 8.10. The Hall–Kier alpha value is -4.08. The van der Waals surface area contributed by atoms with Crippen LogP contribution in [0.1, 0.15) is 143 Å². The number of carbonyl (C=O) groups is 4. The fraction of sp³-hybridized carbons (Fsp3) is 0.556. The molecule has 0 fully saturated rings. The quantitative estimate of drug-likeness (QED) is 0.0714. The molecule has 0 aliphatic heterocycles. The van der Waals surface area contributed by atoms with Gasteiger partial charge in [0, 0.05) is 12.3 Å². The van der Waals surface area contributed by atoms with E-state index in [0.29, 0.717) is 25.7 Å². The molecule has 0 saturated heterocycles. The largest absolute Gasteiger partial charge is 0.507 e. The lowest BCUT2D eigenvalue weighted by molar-refractivity contribution is -0.126. The number of unbranched alkanes of at least 4 members (excludes halogenated alkanes) is 7. The maximum atomic E-state index is 13.0. The highest BCUT2D eigenvalue weighted by atomic mass is 16.3. The van der Waals surface area contributed by atoms with Gasteiger partial charge in [-0.1, -0.05) is 84.3 Å². The molecule has 0 saturated carbocycles. The highest BCUT2D eigenvalue weighted by Gasteiger charge is 2.20. The Morgan fingerprint density at radius 1 is 0.587 bits per heavy atom. The lowest BCUT2D eigenvalue weighted by Gasteiger charge is -2.17. The van der Waals surface area contributed by atoms with E-state index in [9.17, 15) is 29.4 Å². The Morgan fingerprint density at radius 2 is 1.04 bits per heavy atom. The molecule has 6 N–H and O–H groups in total. The molecule has 0 aliphatic carbocycles. The van der Waals surface area contributed by atoms with Gasteiger partial charge in [0.25, 0.3) is 11.8 Å². The predicted octanol–water partition coefficient (Wildman–Crippen LogP) is 6.54. The van der Waals surface area contributed by atoms with Gasteiger partial charge in [0.05, 0.1) is 11.1 Å². The Labute approximate surface area is 274 Å². The maximum Gasteiger partial charge on any atom is 0.273 e. The second-order valence-corrected chi connectivity index (χ2v) is 12.0. The fourth-order valence-electron chi connectivity index (χ4n) is 5.28. The predicted molar refractivity (Wildman–Crippen MR) is 180 cm³/mol. The van der Waals surface area contributed by atoms with Gasteiger partial charge in [0.2, 0.25) is 11.8 Å². The van der Waals surface area contributed by atoms with Gasteiger partial charge in [-0.05, 0) is 80.3 Å². The number of aryl methyl sites for hydroxylation is 2. The van der Waals surface area contributed by atoms with Crippen molar-refractivity contribution >= 4 is 23.6 Å². The molecule has 0 heterocycles. The third-order valence-electron chi connectivity index (χ3n) is 8.10. The van der Waals surface area contributed by atoms with Crippen molar-refractivity contribution in [2.75, 3.05) is 0 Å². The van der Waals surface area contributed by atoms with E-state index in [0.717, 1.165) is 81.8 Å². The number of carbonyl (C=O) groups excluding carboxylic acids is 4. The van der Waals surface area contributed by atoms with Crippen molar-refractivity contribution in [3.8, 4) is 11.5 Å². The number of nitrogens with one attached hydrogen (secondary N) is 4. The van der Waals surface area contributed by atoms with E-state index >= 15 is 0 Å². The fourth-order valence-corrected chi connectivity index (χ4v) is 5.28. The molecular weight excluding hydrogens is 584 g/mol. The third kappa shape index (κ3) is 13.9. The molecule has 0 radical (unpaired) electrons. The molecular formula is C36H54N4O6. The Balaban J connectivity index is 1.79. The Morgan fingerprint density at radius 3 is 1.52 bits per heavy atom. The summed E-state index contributed by atoms with van der Waals surface area (Å²) in [6.45, 7) is 6.33. The van der Waals surface area contributed by atoms with Crippen LogP contribution in [0.3, 0.4) is 0 Å². The van der Waals surface area contributed by atoms with Crippen LogP contribution in [0.2, 0.25) is 0 Å². The van der Waals surface area contributed by atoms with Crippen LogP contribution < -0.4 is 21.7 Å². The van der Waals surface area contributed by atoms with E-state index in [1.807, 2.05) is 6.07 Å². The number of hydrogen-bond donors (Lipinski definition) is 6. The summed E-state index contributed by atoms with van der Waals surface area (Å²) in [6, 6.07) is 9.92. The average Bonchev–Trinajstić information content (AvgIpc) is 3.04. The van der Waals surface area contributed by atoms with E-state index in [2.05, 4.69) is 42.5 Å². The summed E-state index contributed by atoms with van der Waals surface area (Å²) in [5.74, 6) is -2.48. The van der Waals surface area contributed by atoms with E-state index < -0.39 is 11.8 Å². The number of benzene rings is 2. The summed E-state index contributed by atoms with van der Waals surface area (Å²) in [6.07, 6.45) is 13.3. The minimum absolute atomic E-state index is 0.0854. The van der Waals surface area contributed by atoms with Gasteiger partial charge < -0.3 is 10.2 Å². The molecule has 0 bridgehead atoms. The molecule has 2 aromatic rings. The summed E-state index contributed by atoms with van der Waals surface area (Å²) in [5.41, 5.74) is 11.8. The van der Waals surface area contributed by atoms with Crippen molar-refractivity contribution in [1.82, 2.24) is 21.7 Å². The molecule has 0 aliphatic rings. The highest BCUT2D eigenvalue weighted by molar-refractivity contribution is 5.98. The molecule has 2 rings (SSSR count). The second-order valence-electron chi connectivity index (χ2n) is 12.0. The van der Waals surface area contributed by atoms with Gasteiger partial charge in [-0.25, -0.2) is 0 Å². The zero-order chi connectivity index (χ0) is 33.7. The molecule has 10 nitrogen and oxygen atoms in total. The highest BCUT2D eigenvalue weighted by Crippen LogP contribution is 2.22. The van der Waals surface area contributed by atoms with Crippen LogP contribution in [0.25, 0.3) is 0 Å². The van der Waals surface area contributed by atoms with E-state index in [1.165, 1.54) is 0 Å². The number of rotatable bonds is 20. The van der Waals surface area contributed by atoms with Crippen molar-refractivity contribution < 1.29 is 29.4 Å². The van der Waals surface area contributed by atoms with Crippen LogP contribution in [-0.4, -0.2) is 33.8 Å². The lowest BCUT2D eigenvalue weighted by atomic mass is 9.94. The monoisotopic (exact) mass is 638 g/mol. The normalized spacial score (nSPS) is 11.5. The molecule has 0 aromatic heterocycles. The van der Waals surface area contributed by atoms with Gasteiger partial charge in [-0.15, -0.1) is 0 Å². The first-order chi connectivity index (χ1) is 22.2. The van der Waals surface area contributed by atoms with Gasteiger partial charge in [0.15, 0.2) is 0 Å². The van der Waals surface area contributed by atoms with Crippen LogP contribution in [0.4, 0.5) is 0 Å². The standard InChI is InChI=1S/C36H54N4O6/c1-4-7-10-15-26-20-22-29(31(41)24-26)35(45)39-37-33(43)19-14-13-18-28(17-12-9-6-3)34(44)38-40-36(46)30-23-21-27(25-32(30)42)16-11-8-5-2/h20-25,28,41-42H,4-19H2,1-3H3,(H,37,43)(H,38,44)(H,39,45)(H,40,46). The second kappa shape index (κ2) is 21.6. The van der Waals surface area contributed by atoms with Gasteiger partial charge >= 0.3 is 0 Å². The minimum atomic E-state index is -0.600. The van der Waals surface area contributed by atoms with Crippen LogP contribution >= 0.6 is 0 Å². The molecule has 2 aromatic carbocycles. The lowest BCUT2D eigenvalue weighted by Crippen LogP contribution is -2.44. The number of phenolic OH excluding ortho intramolecular Hbond substituents is 2. The molecule has 1 atom stereocenters. The topological polar surface area (TPSA) is 157 Å². The number of phenols is 2. The average molecular weight is 639 g/mol. The molecule has 1 unspecified atom stereocenters. The number of amides is 4. The number of hydrogen-bond acceptors (Lipinski definition) is 6. The van der Waals surface area contributed by atoms with Crippen LogP contribution in [0.5, 0.6) is 11.5 Å². The van der Waals surface area contributed by atoms with Crippen molar-refractivity contribution in [3.05, 3.63) is 58.7 Å². The van der Waals surface area contributed by atoms with Gasteiger partial charge in [0.1, 0.15) is 11.5 Å². The molecule has 254 valence electrons. The first kappa shape index (κ1) is 38.1. The molecule has 4 amide bonds. The van der Waals surface area contributed by atoms with Crippen LogP contribution in [0.15, 0.2) is 36.4 Å². The van der Waals surface area contributed by atoms with Crippen molar-refractivity contribution in [1.29, 1.82) is 0 Å². The first-order valence-corrected chi connectivity index (χ1v) is 17.0. The van der Waals surface area contributed by atoms with Crippen LogP contribution in [-0.2, 0) is 22.4 Å². The minimum Gasteiger partial charge on any atom is -0.507 e.